The number of allylic oxidation sites excluding steroid dienone is 1. The second-order valence-corrected chi connectivity index (χ2v) is 13.8. The zero-order valence-corrected chi connectivity index (χ0v) is 31.4. The van der Waals surface area contributed by atoms with Crippen LogP contribution in [0.4, 0.5) is 5.69 Å². The smallest absolute Gasteiger partial charge is 0.508 e. The van der Waals surface area contributed by atoms with Crippen molar-refractivity contribution in [1.82, 2.24) is 9.88 Å². The molecule has 3 aliphatic rings. The number of hydrogen-bond acceptors (Lipinski definition) is 5. The second-order valence-electron chi connectivity index (χ2n) is 13.8. The number of rotatable bonds is 5. The Morgan fingerprint density at radius 2 is 1.58 bits per heavy atom. The zero-order chi connectivity index (χ0) is 33.2. The van der Waals surface area contributed by atoms with Crippen molar-refractivity contribution in [3.05, 3.63) is 115 Å². The third-order valence-corrected chi connectivity index (χ3v) is 10.0. The van der Waals surface area contributed by atoms with E-state index < -0.39 is 0 Å². The van der Waals surface area contributed by atoms with Crippen molar-refractivity contribution in [2.45, 2.75) is 103 Å². The quantitative estimate of drug-likeness (QED) is 0.197. The Kier molecular flexibility index (Phi) is 14.3. The summed E-state index contributed by atoms with van der Waals surface area (Å²) in [6.45, 7) is 7.44. The van der Waals surface area contributed by atoms with Crippen LogP contribution < -0.4 is 4.90 Å². The average molecular weight is 823 g/mol. The molecule has 4 aromatic rings. The van der Waals surface area contributed by atoms with Crippen LogP contribution in [0.5, 0.6) is 0 Å². The van der Waals surface area contributed by atoms with E-state index in [4.69, 9.17) is 15.2 Å². The summed E-state index contributed by atoms with van der Waals surface area (Å²) in [6, 6.07) is 31.9. The molecule has 2 unspecified atom stereocenters. The van der Waals surface area contributed by atoms with Crippen molar-refractivity contribution in [3.63, 3.8) is 0 Å². The van der Waals surface area contributed by atoms with Crippen LogP contribution in [0.3, 0.4) is 0 Å². The summed E-state index contributed by atoms with van der Waals surface area (Å²) < 4.78 is 0. The number of hydrogen-bond donors (Lipinski definition) is 2. The molecular formula is C42H52IrN3O2. The minimum Gasteiger partial charge on any atom is -0.508 e. The Morgan fingerprint density at radius 3 is 2.15 bits per heavy atom. The van der Waals surface area contributed by atoms with Gasteiger partial charge in [0.1, 0.15) is 0 Å². The number of aliphatic hydroxyl groups excluding tert-OH is 2. The van der Waals surface area contributed by atoms with Gasteiger partial charge in [-0.15, -0.1) is 41.6 Å². The maximum atomic E-state index is 8.56. The molecule has 1 aliphatic heterocycles. The van der Waals surface area contributed by atoms with Crippen LogP contribution in [-0.4, -0.2) is 39.4 Å². The topological polar surface area (TPSA) is 59.8 Å². The van der Waals surface area contributed by atoms with Crippen LogP contribution in [-0.2, 0) is 20.1 Å². The van der Waals surface area contributed by atoms with Gasteiger partial charge in [-0.05, 0) is 124 Å². The number of fused-ring (bicyclic) bond motifs is 1. The second kappa shape index (κ2) is 18.1. The van der Waals surface area contributed by atoms with Crippen LogP contribution in [0.2, 0.25) is 0 Å². The van der Waals surface area contributed by atoms with Gasteiger partial charge < -0.3 is 25.0 Å². The number of aliphatic hydroxyl groups is 2. The predicted molar refractivity (Wildman–Crippen MR) is 194 cm³/mol. The maximum Gasteiger partial charge on any atom is 3.00 e. The fourth-order valence-electron chi connectivity index (χ4n) is 7.33. The van der Waals surface area contributed by atoms with Gasteiger partial charge in [-0.2, -0.15) is 37.0 Å². The van der Waals surface area contributed by atoms with Gasteiger partial charge in [0.05, 0.1) is 12.2 Å². The summed E-state index contributed by atoms with van der Waals surface area (Å²) in [5.74, 6) is 0.717. The predicted octanol–water partition coefficient (Wildman–Crippen LogP) is 9.66. The van der Waals surface area contributed by atoms with Crippen LogP contribution in [0.25, 0.3) is 22.0 Å². The minimum absolute atomic E-state index is 0. The van der Waals surface area contributed by atoms with Gasteiger partial charge in [0, 0.05) is 6.20 Å². The molecule has 7 rings (SSSR count). The van der Waals surface area contributed by atoms with Crippen LogP contribution in [0.1, 0.15) is 96.5 Å². The van der Waals surface area contributed by atoms with E-state index in [1.807, 2.05) is 56.3 Å². The number of benzene rings is 3. The molecule has 0 amide bonds. The van der Waals surface area contributed by atoms with Crippen LogP contribution in [0, 0.1) is 24.2 Å². The maximum absolute atomic E-state index is 8.56. The van der Waals surface area contributed by atoms with Crippen molar-refractivity contribution >= 4 is 16.5 Å². The first-order valence-corrected chi connectivity index (χ1v) is 17.5. The van der Waals surface area contributed by atoms with Crippen molar-refractivity contribution in [2.75, 3.05) is 11.9 Å². The van der Waals surface area contributed by atoms with E-state index >= 15 is 0 Å². The molecule has 6 heteroatoms. The number of anilines is 1. The summed E-state index contributed by atoms with van der Waals surface area (Å²) in [5, 5.41) is 19.7. The Morgan fingerprint density at radius 1 is 0.896 bits per heavy atom. The number of aromatic nitrogens is 1. The van der Waals surface area contributed by atoms with Gasteiger partial charge in [-0.3, -0.25) is 0 Å². The molecule has 0 saturated heterocycles. The molecule has 0 bridgehead atoms. The summed E-state index contributed by atoms with van der Waals surface area (Å²) in [5.41, 5.74) is 6.67. The molecule has 48 heavy (non-hydrogen) atoms. The first-order valence-electron chi connectivity index (χ1n) is 17.5. The van der Waals surface area contributed by atoms with Gasteiger partial charge in [0.15, 0.2) is 0 Å². The fourth-order valence-corrected chi connectivity index (χ4v) is 7.33. The van der Waals surface area contributed by atoms with Crippen LogP contribution >= 0.6 is 0 Å². The summed E-state index contributed by atoms with van der Waals surface area (Å²) in [4.78, 5) is 8.85. The monoisotopic (exact) mass is 823 g/mol. The first kappa shape index (κ1) is 37.8. The standard InChI is InChI=1S/C26H28N.C11H12N2.C5H12O2.Ir/c1-3-7-22(8-4-1)25-24-19-23(10-9-21(24)13-18-27-25)20-11-16-26(17-12-20)14-5-2-6-15-26;1-10-8-13(9-12(10)2)11-6-4-3-5-7-11;1-4(6)3-5(2)7;/h1,3-4,7,9-10,13,18-20H,2,5-6,11-12,14-17H2;3-6,8-9H,1-2H3;4-7H,3H2,1-2H3;/q-1;-2;;+3. The molecule has 1 aromatic heterocycles. The Labute approximate surface area is 302 Å². The van der Waals surface area contributed by atoms with Gasteiger partial charge in [-0.25, -0.2) is 0 Å². The van der Waals surface area contributed by atoms with E-state index in [-0.39, 0.29) is 32.3 Å². The van der Waals surface area contributed by atoms with Crippen molar-refractivity contribution in [2.24, 2.45) is 5.41 Å². The molecule has 2 atom stereocenters. The van der Waals surface area contributed by atoms with Gasteiger partial charge >= 0.3 is 20.1 Å². The van der Waals surface area contributed by atoms with Gasteiger partial charge in [-0.1, -0.05) is 37.5 Å². The molecule has 256 valence electrons. The summed E-state index contributed by atoms with van der Waals surface area (Å²) >= 11 is 0. The zero-order valence-electron chi connectivity index (χ0n) is 29.0. The van der Waals surface area contributed by atoms with E-state index in [1.165, 1.54) is 79.8 Å². The largest absolute Gasteiger partial charge is 3.00 e. The molecular weight excluding hydrogens is 771 g/mol. The van der Waals surface area contributed by atoms with E-state index in [0.717, 1.165) is 22.9 Å². The van der Waals surface area contributed by atoms with Crippen molar-refractivity contribution < 1.29 is 30.3 Å². The molecule has 2 fully saturated rings. The fraction of sp³-hybridized carbons (Fsp3) is 0.429. The molecule has 2 saturated carbocycles. The Hall–Kier alpha value is -3.02. The Balaban J connectivity index is 0.000000206. The first-order chi connectivity index (χ1) is 22.7. The van der Waals surface area contributed by atoms with E-state index in [0.29, 0.717) is 11.8 Å². The van der Waals surface area contributed by atoms with Gasteiger partial charge in [0.2, 0.25) is 0 Å². The third kappa shape index (κ3) is 10.2. The number of para-hydroxylation sites is 1. The number of nitrogens with zero attached hydrogens (tertiary/aromatic N) is 3. The minimum atomic E-state index is -0.375. The molecule has 2 aliphatic carbocycles. The normalized spacial score (nSPS) is 18.5. The molecule has 2 heterocycles. The van der Waals surface area contributed by atoms with E-state index in [9.17, 15) is 0 Å². The molecule has 5 nitrogen and oxygen atoms in total. The molecule has 2 N–H and O–H groups in total. The summed E-state index contributed by atoms with van der Waals surface area (Å²) in [7, 11) is 2.04. The SMILES string of the molecule is CC(O)CC(C)O.CC1=CN(c2[c-]cccc2)[CH-]N1C.[Ir+3].[c-]1ccccc1-c1nccc2ccc(C3CCC4(CCCCC4)CC3)cc12. The summed E-state index contributed by atoms with van der Waals surface area (Å²) in [6.07, 6.45) is 16.7. The van der Waals surface area contributed by atoms with Crippen LogP contribution in [0.15, 0.2) is 90.9 Å². The van der Waals surface area contributed by atoms with Gasteiger partial charge in [0.25, 0.3) is 0 Å². The van der Waals surface area contributed by atoms with E-state index in [2.05, 4.69) is 71.5 Å². The van der Waals surface area contributed by atoms with Crippen molar-refractivity contribution in [1.29, 1.82) is 0 Å². The molecule has 1 spiro atoms. The average Bonchev–Trinajstić information content (AvgIpc) is 3.43. The Bertz CT molecular complexity index is 1550. The number of pyridine rings is 1. The van der Waals surface area contributed by atoms with Crippen molar-refractivity contribution in [3.8, 4) is 11.3 Å². The molecule has 0 radical (unpaired) electrons. The van der Waals surface area contributed by atoms with E-state index in [1.54, 1.807) is 13.8 Å². The molecule has 3 aromatic carbocycles. The third-order valence-electron chi connectivity index (χ3n) is 10.0.